The number of alkyl halides is 6. The van der Waals surface area contributed by atoms with Gasteiger partial charge in [0.2, 0.25) is 5.91 Å². The topological polar surface area (TPSA) is 85.4 Å². The molecule has 1 N–H and O–H groups in total. The van der Waals surface area contributed by atoms with Crippen molar-refractivity contribution in [1.29, 1.82) is 0 Å². The fraction of sp³-hybridized carbons (Fsp3) is 0.280. The van der Waals surface area contributed by atoms with E-state index in [0.29, 0.717) is 17.7 Å². The Kier molecular flexibility index (Phi) is 10.1. The number of nitrogens with zero attached hydrogens (tertiary/aromatic N) is 1. The Morgan fingerprint density at radius 3 is 1.97 bits per heavy atom. The second-order valence-electron chi connectivity index (χ2n) is 8.14. The lowest BCUT2D eigenvalue weighted by atomic mass is 9.91. The molecule has 39 heavy (non-hydrogen) atoms. The number of hydrogen-bond acceptors (Lipinski definition) is 5. The van der Waals surface area contributed by atoms with Gasteiger partial charge in [0, 0.05) is 17.4 Å². The molecule has 0 fully saturated rings. The summed E-state index contributed by atoms with van der Waals surface area (Å²) >= 11 is 0. The van der Waals surface area contributed by atoms with Gasteiger partial charge in [-0.05, 0) is 42.0 Å². The van der Waals surface area contributed by atoms with Gasteiger partial charge in [0.05, 0.1) is 29.4 Å². The molecule has 6 nitrogen and oxygen atoms in total. The number of hydrogen-bond donors (Lipinski definition) is 1. The molecule has 1 heterocycles. The molecule has 0 unspecified atom stereocenters. The number of rotatable bonds is 9. The maximum atomic E-state index is 14.0. The van der Waals surface area contributed by atoms with Crippen LogP contribution in [0, 0.1) is 0 Å². The fourth-order valence-electron chi connectivity index (χ4n) is 3.56. The number of sulfone groups is 1. The molecule has 1 aromatic heterocycles. The molecule has 14 heteroatoms. The van der Waals surface area contributed by atoms with Crippen molar-refractivity contribution in [3.05, 3.63) is 89.7 Å². The number of amides is 1. The third-order valence-electron chi connectivity index (χ3n) is 5.56. The maximum Gasteiger partial charge on any atom is 0.430 e. The van der Waals surface area contributed by atoms with Gasteiger partial charge in [0.15, 0.2) is 9.84 Å². The lowest BCUT2D eigenvalue weighted by Gasteiger charge is -2.37. The van der Waals surface area contributed by atoms with Crippen molar-refractivity contribution in [3.8, 4) is 0 Å². The molecular formula is C25H23ClF6N2O4S. The summed E-state index contributed by atoms with van der Waals surface area (Å²) in [6, 6.07) is 12.6. The maximum absolute atomic E-state index is 14.0. The highest BCUT2D eigenvalue weighted by Gasteiger charge is 2.73. The van der Waals surface area contributed by atoms with Crippen molar-refractivity contribution in [3.63, 3.8) is 0 Å². The Balaban J connectivity index is 0.00000533. The highest BCUT2D eigenvalue weighted by molar-refractivity contribution is 7.91. The van der Waals surface area contributed by atoms with Crippen molar-refractivity contribution in [2.75, 3.05) is 11.1 Å². The van der Waals surface area contributed by atoms with E-state index in [1.807, 2.05) is 0 Å². The van der Waals surface area contributed by atoms with Crippen molar-refractivity contribution >= 4 is 33.8 Å². The van der Waals surface area contributed by atoms with Crippen molar-refractivity contribution in [1.82, 2.24) is 4.98 Å². The van der Waals surface area contributed by atoms with Crippen LogP contribution in [0.5, 0.6) is 0 Å². The van der Waals surface area contributed by atoms with E-state index in [1.54, 1.807) is 0 Å². The van der Waals surface area contributed by atoms with Gasteiger partial charge >= 0.3 is 12.4 Å². The molecule has 0 bridgehead atoms. The molecule has 0 atom stereocenters. The number of benzene rings is 2. The van der Waals surface area contributed by atoms with E-state index >= 15 is 0 Å². The molecule has 3 aromatic rings. The average molecular weight is 597 g/mol. The van der Waals surface area contributed by atoms with Crippen LogP contribution >= 0.6 is 12.4 Å². The molecule has 0 aliphatic carbocycles. The Bertz CT molecular complexity index is 1330. The molecule has 0 saturated carbocycles. The van der Waals surface area contributed by atoms with Crippen molar-refractivity contribution in [2.24, 2.45) is 0 Å². The normalized spacial score (nSPS) is 12.5. The first-order valence-electron chi connectivity index (χ1n) is 11.1. The zero-order valence-corrected chi connectivity index (χ0v) is 21.8. The van der Waals surface area contributed by atoms with Gasteiger partial charge in [-0.15, -0.1) is 12.4 Å². The van der Waals surface area contributed by atoms with Crippen LogP contribution in [0.25, 0.3) is 0 Å². The molecule has 0 aliphatic rings. The van der Waals surface area contributed by atoms with E-state index in [2.05, 4.69) is 15.0 Å². The van der Waals surface area contributed by atoms with Gasteiger partial charge < -0.3 is 10.1 Å². The SMILES string of the molecule is CCS(=O)(=O)c1ccc(CC(=O)Nc2ccc(C(OCc3ccccn3)(C(F)(F)F)C(F)(F)F)cc2)cc1.Cl. The lowest BCUT2D eigenvalue weighted by molar-refractivity contribution is -0.392. The number of carbonyl (C=O) groups excluding carboxylic acids is 1. The van der Waals surface area contributed by atoms with Gasteiger partial charge in [0.1, 0.15) is 0 Å². The van der Waals surface area contributed by atoms with E-state index in [4.69, 9.17) is 0 Å². The summed E-state index contributed by atoms with van der Waals surface area (Å²) in [4.78, 5) is 16.1. The van der Waals surface area contributed by atoms with Gasteiger partial charge in [-0.3, -0.25) is 9.78 Å². The minimum atomic E-state index is -5.87. The highest BCUT2D eigenvalue weighted by Crippen LogP contribution is 2.53. The standard InChI is InChI=1S/C25H22F6N2O4S.ClH/c1-2-38(35,36)21-12-6-17(7-13-21)15-22(34)33-19-10-8-18(9-11-19)23(24(26,27)28,25(29,30)31)37-16-20-5-3-4-14-32-20;/h3-14H,2,15-16H2,1H3,(H,33,34);1H. The van der Waals surface area contributed by atoms with Crippen LogP contribution in [0.1, 0.15) is 23.7 Å². The number of halogens is 7. The summed E-state index contributed by atoms with van der Waals surface area (Å²) in [6.07, 6.45) is -10.7. The second kappa shape index (κ2) is 12.3. The summed E-state index contributed by atoms with van der Waals surface area (Å²) in [5.41, 5.74) is -5.59. The largest absolute Gasteiger partial charge is 0.430 e. The number of ether oxygens (including phenoxy) is 1. The van der Waals surface area contributed by atoms with Gasteiger partial charge in [0.25, 0.3) is 5.60 Å². The number of aromatic nitrogens is 1. The predicted octanol–water partition coefficient (Wildman–Crippen LogP) is 6.01. The van der Waals surface area contributed by atoms with Crippen molar-refractivity contribution < 1.29 is 44.3 Å². The van der Waals surface area contributed by atoms with E-state index in [9.17, 15) is 39.6 Å². The van der Waals surface area contributed by atoms with Gasteiger partial charge in [-0.1, -0.05) is 37.3 Å². The third kappa shape index (κ3) is 7.28. The zero-order chi connectivity index (χ0) is 28.2. The molecule has 212 valence electrons. The van der Waals surface area contributed by atoms with Crippen LogP contribution in [0.4, 0.5) is 32.0 Å². The van der Waals surface area contributed by atoms with Crippen LogP contribution in [0.2, 0.25) is 0 Å². The summed E-state index contributed by atoms with van der Waals surface area (Å²) in [6.45, 7) is 0.429. The monoisotopic (exact) mass is 596 g/mol. The van der Waals surface area contributed by atoms with E-state index in [0.717, 1.165) is 12.1 Å². The van der Waals surface area contributed by atoms with Gasteiger partial charge in [-0.25, -0.2) is 8.42 Å². The fourth-order valence-corrected chi connectivity index (χ4v) is 4.44. The van der Waals surface area contributed by atoms with Crippen LogP contribution in [-0.4, -0.2) is 37.4 Å². The lowest BCUT2D eigenvalue weighted by Crippen LogP contribution is -2.55. The zero-order valence-electron chi connectivity index (χ0n) is 20.2. The summed E-state index contributed by atoms with van der Waals surface area (Å²) < 4.78 is 112. The van der Waals surface area contributed by atoms with E-state index < -0.39 is 45.9 Å². The Morgan fingerprint density at radius 1 is 0.897 bits per heavy atom. The molecule has 3 rings (SSSR count). The summed E-state index contributed by atoms with van der Waals surface area (Å²) in [7, 11) is -3.42. The molecule has 0 saturated heterocycles. The molecule has 1 amide bonds. The Morgan fingerprint density at radius 2 is 1.49 bits per heavy atom. The first kappa shape index (κ1) is 32.1. The number of anilines is 1. The Hall–Kier alpha value is -3.16. The van der Waals surface area contributed by atoms with Gasteiger partial charge in [-0.2, -0.15) is 26.3 Å². The highest BCUT2D eigenvalue weighted by atomic mass is 35.5. The molecule has 2 aromatic carbocycles. The average Bonchev–Trinajstić information content (AvgIpc) is 2.84. The smallest absolute Gasteiger partial charge is 0.347 e. The van der Waals surface area contributed by atoms with E-state index in [1.165, 1.54) is 55.6 Å². The molecule has 0 radical (unpaired) electrons. The van der Waals surface area contributed by atoms with Crippen molar-refractivity contribution in [2.45, 2.75) is 42.8 Å². The molecular weight excluding hydrogens is 574 g/mol. The Labute approximate surface area is 226 Å². The quantitative estimate of drug-likeness (QED) is 0.306. The molecule has 0 spiro atoms. The minimum Gasteiger partial charge on any atom is -0.347 e. The van der Waals surface area contributed by atoms with Crippen LogP contribution in [0.3, 0.4) is 0 Å². The predicted molar refractivity (Wildman–Crippen MR) is 133 cm³/mol. The van der Waals surface area contributed by atoms with Crippen LogP contribution < -0.4 is 5.32 Å². The number of carbonyl (C=O) groups is 1. The first-order chi connectivity index (χ1) is 17.7. The number of nitrogens with one attached hydrogen (secondary N) is 1. The second-order valence-corrected chi connectivity index (χ2v) is 10.4. The van der Waals surface area contributed by atoms with Crippen LogP contribution in [0.15, 0.2) is 77.8 Å². The minimum absolute atomic E-state index is 0. The number of pyridine rings is 1. The van der Waals surface area contributed by atoms with Crippen LogP contribution in [-0.2, 0) is 38.0 Å². The van der Waals surface area contributed by atoms with E-state index in [-0.39, 0.29) is 40.9 Å². The first-order valence-corrected chi connectivity index (χ1v) is 12.7. The summed E-state index contributed by atoms with van der Waals surface area (Å²) in [5, 5.41) is 2.39. The molecule has 0 aliphatic heterocycles. The summed E-state index contributed by atoms with van der Waals surface area (Å²) in [5.74, 6) is -0.714. The third-order valence-corrected chi connectivity index (χ3v) is 7.31.